The molecule has 3 aromatic heterocycles. The first kappa shape index (κ1) is 22.7. The quantitative estimate of drug-likeness (QED) is 0.366. The van der Waals surface area contributed by atoms with Gasteiger partial charge in [0.1, 0.15) is 22.9 Å². The zero-order valence-corrected chi connectivity index (χ0v) is 21.5. The first-order valence-electron chi connectivity index (χ1n) is 13.8. The standard InChI is InChI=1S/C31H34N6/c1-20-4-6-22(7-5-20)26-11-10-23-8-9-24(18-27(23)34-26)28-29-30(32)33-12-15-37(29)31(35-28)25-16-21(17-25)19-36-13-2-3-14-36/h4,6-12,15,18,20-21,25H,2-3,5,13-14,16-17,19H2,1H3,(H2,32,33). The van der Waals surface area contributed by atoms with Crippen molar-refractivity contribution in [3.63, 3.8) is 0 Å². The molecule has 1 saturated heterocycles. The molecule has 188 valence electrons. The van der Waals surface area contributed by atoms with Gasteiger partial charge < -0.3 is 10.6 Å². The first-order valence-corrected chi connectivity index (χ1v) is 13.8. The maximum atomic E-state index is 6.44. The number of anilines is 1. The Balaban J connectivity index is 1.23. The summed E-state index contributed by atoms with van der Waals surface area (Å²) in [6.45, 7) is 6.01. The Labute approximate surface area is 217 Å². The third-order valence-corrected chi connectivity index (χ3v) is 8.50. The number of benzene rings is 1. The van der Waals surface area contributed by atoms with Crippen molar-refractivity contribution in [3.05, 3.63) is 72.5 Å². The molecule has 0 amide bonds. The van der Waals surface area contributed by atoms with Crippen LogP contribution in [0.25, 0.3) is 33.3 Å². The van der Waals surface area contributed by atoms with Gasteiger partial charge in [-0.3, -0.25) is 4.40 Å². The predicted molar refractivity (Wildman–Crippen MR) is 150 cm³/mol. The number of allylic oxidation sites excluding steroid dienone is 4. The summed E-state index contributed by atoms with van der Waals surface area (Å²) in [6, 6.07) is 10.7. The van der Waals surface area contributed by atoms with E-state index in [4.69, 9.17) is 15.7 Å². The van der Waals surface area contributed by atoms with Crippen LogP contribution in [0.4, 0.5) is 5.82 Å². The molecule has 2 aliphatic carbocycles. The number of likely N-dealkylation sites (tertiary alicyclic amines) is 1. The van der Waals surface area contributed by atoms with Crippen molar-refractivity contribution >= 4 is 27.8 Å². The van der Waals surface area contributed by atoms with Crippen molar-refractivity contribution in [3.8, 4) is 11.3 Å². The van der Waals surface area contributed by atoms with E-state index < -0.39 is 0 Å². The summed E-state index contributed by atoms with van der Waals surface area (Å²) in [7, 11) is 0. The minimum Gasteiger partial charge on any atom is -0.382 e. The number of imidazole rings is 1. The lowest BCUT2D eigenvalue weighted by Crippen LogP contribution is -2.34. The number of hydrogen-bond donors (Lipinski definition) is 1. The summed E-state index contributed by atoms with van der Waals surface area (Å²) >= 11 is 0. The Hall–Kier alpha value is -3.51. The molecule has 7 rings (SSSR count). The molecule has 37 heavy (non-hydrogen) atoms. The molecule has 0 bridgehead atoms. The molecule has 3 aliphatic rings. The largest absolute Gasteiger partial charge is 0.382 e. The number of rotatable bonds is 5. The predicted octanol–water partition coefficient (Wildman–Crippen LogP) is 6.10. The third kappa shape index (κ3) is 4.13. The molecule has 0 radical (unpaired) electrons. The van der Waals surface area contributed by atoms with Crippen LogP contribution in [0, 0.1) is 11.8 Å². The summed E-state index contributed by atoms with van der Waals surface area (Å²) in [5.74, 6) is 3.47. The molecule has 2 fully saturated rings. The molecular weight excluding hydrogens is 456 g/mol. The Morgan fingerprint density at radius 3 is 2.70 bits per heavy atom. The van der Waals surface area contributed by atoms with Gasteiger partial charge in [0.25, 0.3) is 0 Å². The number of nitrogens with zero attached hydrogens (tertiary/aromatic N) is 5. The molecule has 1 aliphatic heterocycles. The lowest BCUT2D eigenvalue weighted by atomic mass is 9.74. The van der Waals surface area contributed by atoms with E-state index in [9.17, 15) is 0 Å². The minimum atomic E-state index is 0.466. The Morgan fingerprint density at radius 1 is 1.05 bits per heavy atom. The number of nitrogen functional groups attached to an aromatic ring is 1. The minimum absolute atomic E-state index is 0.466. The van der Waals surface area contributed by atoms with Crippen LogP contribution in [0.3, 0.4) is 0 Å². The van der Waals surface area contributed by atoms with Crippen LogP contribution >= 0.6 is 0 Å². The maximum absolute atomic E-state index is 6.44. The lowest BCUT2D eigenvalue weighted by Gasteiger charge is -2.37. The maximum Gasteiger partial charge on any atom is 0.150 e. The van der Waals surface area contributed by atoms with Gasteiger partial charge in [0.15, 0.2) is 0 Å². The molecule has 2 N–H and O–H groups in total. The van der Waals surface area contributed by atoms with Gasteiger partial charge in [-0.15, -0.1) is 0 Å². The second-order valence-corrected chi connectivity index (χ2v) is 11.2. The molecule has 1 saturated carbocycles. The number of aromatic nitrogens is 4. The zero-order valence-electron chi connectivity index (χ0n) is 21.5. The highest BCUT2D eigenvalue weighted by Crippen LogP contribution is 2.44. The first-order chi connectivity index (χ1) is 18.1. The topological polar surface area (TPSA) is 72.3 Å². The van der Waals surface area contributed by atoms with Crippen LogP contribution in [0.15, 0.2) is 61.0 Å². The summed E-state index contributed by atoms with van der Waals surface area (Å²) < 4.78 is 2.18. The normalized spacial score (nSPS) is 24.0. The summed E-state index contributed by atoms with van der Waals surface area (Å²) in [4.78, 5) is 17.3. The SMILES string of the molecule is CC1C=CC(c2ccc3ccc(-c4nc(C5CC(CN6CCCC6)C5)n5ccnc(N)c45)cc3n2)=CC1. The fraction of sp³-hybridized carbons (Fsp3) is 0.387. The van der Waals surface area contributed by atoms with Gasteiger partial charge in [-0.2, -0.15) is 0 Å². The van der Waals surface area contributed by atoms with E-state index in [-0.39, 0.29) is 0 Å². The smallest absolute Gasteiger partial charge is 0.150 e. The van der Waals surface area contributed by atoms with Crippen LogP contribution in [0.5, 0.6) is 0 Å². The molecule has 1 unspecified atom stereocenters. The monoisotopic (exact) mass is 490 g/mol. The van der Waals surface area contributed by atoms with Gasteiger partial charge in [0.05, 0.1) is 11.2 Å². The summed E-state index contributed by atoms with van der Waals surface area (Å²) in [6.07, 6.45) is 16.7. The highest BCUT2D eigenvalue weighted by molar-refractivity contribution is 5.91. The number of hydrogen-bond acceptors (Lipinski definition) is 5. The second kappa shape index (κ2) is 9.10. The summed E-state index contributed by atoms with van der Waals surface area (Å²) in [5, 5.41) is 1.12. The molecule has 1 atom stereocenters. The van der Waals surface area contributed by atoms with Gasteiger partial charge in [-0.1, -0.05) is 43.4 Å². The van der Waals surface area contributed by atoms with Crippen molar-refractivity contribution in [1.82, 2.24) is 24.3 Å². The lowest BCUT2D eigenvalue weighted by molar-refractivity contribution is 0.176. The average molecular weight is 491 g/mol. The zero-order chi connectivity index (χ0) is 24.9. The van der Waals surface area contributed by atoms with E-state index in [1.54, 1.807) is 6.20 Å². The van der Waals surface area contributed by atoms with Crippen molar-refractivity contribution in [1.29, 1.82) is 0 Å². The van der Waals surface area contributed by atoms with E-state index in [0.717, 1.165) is 51.5 Å². The van der Waals surface area contributed by atoms with Crippen LogP contribution in [0.1, 0.15) is 56.5 Å². The van der Waals surface area contributed by atoms with Crippen molar-refractivity contribution < 1.29 is 0 Å². The van der Waals surface area contributed by atoms with E-state index >= 15 is 0 Å². The Kier molecular flexibility index (Phi) is 5.58. The molecule has 0 spiro atoms. The Morgan fingerprint density at radius 2 is 1.89 bits per heavy atom. The highest BCUT2D eigenvalue weighted by Gasteiger charge is 2.35. The van der Waals surface area contributed by atoms with Gasteiger partial charge >= 0.3 is 0 Å². The van der Waals surface area contributed by atoms with Gasteiger partial charge in [-0.25, -0.2) is 15.0 Å². The van der Waals surface area contributed by atoms with E-state index in [2.05, 4.69) is 69.8 Å². The molecule has 1 aromatic carbocycles. The average Bonchev–Trinajstić information content (AvgIpc) is 3.54. The molecular formula is C31H34N6. The van der Waals surface area contributed by atoms with Crippen LogP contribution in [-0.2, 0) is 0 Å². The van der Waals surface area contributed by atoms with Gasteiger partial charge in [0, 0.05) is 35.8 Å². The van der Waals surface area contributed by atoms with Crippen LogP contribution < -0.4 is 5.73 Å². The second-order valence-electron chi connectivity index (χ2n) is 11.2. The van der Waals surface area contributed by atoms with Crippen LogP contribution in [0.2, 0.25) is 0 Å². The van der Waals surface area contributed by atoms with Crippen molar-refractivity contribution in [2.45, 2.75) is 44.9 Å². The molecule has 6 nitrogen and oxygen atoms in total. The van der Waals surface area contributed by atoms with E-state index in [0.29, 0.717) is 17.7 Å². The van der Waals surface area contributed by atoms with Crippen LogP contribution in [-0.4, -0.2) is 43.9 Å². The third-order valence-electron chi connectivity index (χ3n) is 8.50. The Bertz CT molecular complexity index is 1530. The van der Waals surface area contributed by atoms with E-state index in [1.165, 1.54) is 50.9 Å². The fourth-order valence-corrected chi connectivity index (χ4v) is 6.34. The highest BCUT2D eigenvalue weighted by atomic mass is 15.1. The molecule has 6 heteroatoms. The fourth-order valence-electron chi connectivity index (χ4n) is 6.34. The van der Waals surface area contributed by atoms with Crippen molar-refractivity contribution in [2.24, 2.45) is 11.8 Å². The molecule has 4 heterocycles. The number of nitrogens with two attached hydrogens (primary N) is 1. The number of fused-ring (bicyclic) bond motifs is 2. The van der Waals surface area contributed by atoms with Gasteiger partial charge in [-0.05, 0) is 74.7 Å². The van der Waals surface area contributed by atoms with Crippen molar-refractivity contribution in [2.75, 3.05) is 25.4 Å². The van der Waals surface area contributed by atoms with E-state index in [1.807, 2.05) is 6.20 Å². The molecule has 4 aromatic rings. The number of pyridine rings is 1. The summed E-state index contributed by atoms with van der Waals surface area (Å²) in [5.41, 5.74) is 12.5. The van der Waals surface area contributed by atoms with Gasteiger partial charge in [0.2, 0.25) is 0 Å².